The van der Waals surface area contributed by atoms with Gasteiger partial charge in [0.05, 0.1) is 0 Å². The Morgan fingerprint density at radius 1 is 0.900 bits per heavy atom. The first kappa shape index (κ1) is 14.5. The smallest absolute Gasteiger partial charge is 0.320 e. The summed E-state index contributed by atoms with van der Waals surface area (Å²) < 4.78 is 57.9. The monoisotopic (exact) mass is 284 g/mol. The first-order chi connectivity index (χ1) is 9.35. The van der Waals surface area contributed by atoms with Crippen LogP contribution in [0.15, 0.2) is 36.4 Å². The van der Waals surface area contributed by atoms with E-state index in [0.717, 1.165) is 17.7 Å². The van der Waals surface area contributed by atoms with Gasteiger partial charge in [-0.25, -0.2) is 8.78 Å². The van der Waals surface area contributed by atoms with Crippen molar-refractivity contribution < 1.29 is 22.3 Å². The van der Waals surface area contributed by atoms with Crippen LogP contribution < -0.4 is 0 Å². The summed E-state index contributed by atoms with van der Waals surface area (Å²) in [4.78, 5) is 0. The van der Waals surface area contributed by atoms with Gasteiger partial charge in [0, 0.05) is 7.11 Å². The summed E-state index contributed by atoms with van der Waals surface area (Å²) >= 11 is 0. The lowest BCUT2D eigenvalue weighted by Crippen LogP contribution is -2.20. The molecule has 0 aliphatic carbocycles. The standard InChI is InChI=1S/C15H12F4O/c1-9-3-5-10(6-4-9)11-7-12(16)14(13(17)8-11)15(18,19)20-2/h3-8H,1-2H3. The predicted molar refractivity (Wildman–Crippen MR) is 67.4 cm³/mol. The van der Waals surface area contributed by atoms with Crippen molar-refractivity contribution in [2.24, 2.45) is 0 Å². The molecular weight excluding hydrogens is 272 g/mol. The lowest BCUT2D eigenvalue weighted by Gasteiger charge is -2.16. The van der Waals surface area contributed by atoms with Crippen molar-refractivity contribution >= 4 is 0 Å². The number of aryl methyl sites for hydroxylation is 1. The molecule has 0 aliphatic heterocycles. The van der Waals surface area contributed by atoms with Crippen LogP contribution in [0.5, 0.6) is 0 Å². The lowest BCUT2D eigenvalue weighted by atomic mass is 10.0. The SMILES string of the molecule is COC(F)(F)c1c(F)cc(-c2ccc(C)cc2)cc1F. The highest BCUT2D eigenvalue weighted by molar-refractivity contribution is 5.64. The zero-order valence-corrected chi connectivity index (χ0v) is 10.9. The van der Waals surface area contributed by atoms with E-state index in [0.29, 0.717) is 12.7 Å². The van der Waals surface area contributed by atoms with Gasteiger partial charge < -0.3 is 4.74 Å². The number of methoxy groups -OCH3 is 1. The Hall–Kier alpha value is -1.88. The Morgan fingerprint density at radius 3 is 1.85 bits per heavy atom. The normalized spacial score (nSPS) is 11.7. The Kier molecular flexibility index (Phi) is 3.81. The maximum Gasteiger partial charge on any atom is 0.388 e. The highest BCUT2D eigenvalue weighted by Crippen LogP contribution is 2.35. The van der Waals surface area contributed by atoms with Crippen LogP contribution in [0.2, 0.25) is 0 Å². The van der Waals surface area contributed by atoms with Crippen molar-refractivity contribution in [1.82, 2.24) is 0 Å². The topological polar surface area (TPSA) is 9.23 Å². The highest BCUT2D eigenvalue weighted by Gasteiger charge is 2.38. The number of halogens is 4. The van der Waals surface area contributed by atoms with E-state index in [1.807, 2.05) is 6.92 Å². The number of benzene rings is 2. The summed E-state index contributed by atoms with van der Waals surface area (Å²) in [5.41, 5.74) is 0.337. The van der Waals surface area contributed by atoms with Crippen LogP contribution in [0.1, 0.15) is 11.1 Å². The van der Waals surface area contributed by atoms with Crippen molar-refractivity contribution in [2.45, 2.75) is 13.0 Å². The minimum Gasteiger partial charge on any atom is -0.320 e. The fourth-order valence-corrected chi connectivity index (χ4v) is 1.87. The van der Waals surface area contributed by atoms with E-state index in [4.69, 9.17) is 0 Å². The van der Waals surface area contributed by atoms with Gasteiger partial charge in [-0.3, -0.25) is 0 Å². The first-order valence-electron chi connectivity index (χ1n) is 5.84. The van der Waals surface area contributed by atoms with Gasteiger partial charge in [0.15, 0.2) is 0 Å². The minimum absolute atomic E-state index is 0.190. The number of hydrogen-bond acceptors (Lipinski definition) is 1. The van der Waals surface area contributed by atoms with Crippen LogP contribution in [0, 0.1) is 18.6 Å². The molecule has 0 N–H and O–H groups in total. The number of hydrogen-bond donors (Lipinski definition) is 0. The molecule has 0 saturated carbocycles. The molecule has 2 rings (SSSR count). The molecule has 0 fully saturated rings. The predicted octanol–water partition coefficient (Wildman–Crippen LogP) is 4.64. The number of ether oxygens (including phenoxy) is 1. The maximum atomic E-state index is 13.8. The van der Waals surface area contributed by atoms with Gasteiger partial charge in [0.2, 0.25) is 0 Å². The molecule has 0 bridgehead atoms. The lowest BCUT2D eigenvalue weighted by molar-refractivity contribution is -0.235. The molecule has 0 unspecified atom stereocenters. The molecule has 2 aromatic rings. The molecule has 5 heteroatoms. The van der Waals surface area contributed by atoms with Crippen LogP contribution >= 0.6 is 0 Å². The maximum absolute atomic E-state index is 13.8. The minimum atomic E-state index is -4.00. The average Bonchev–Trinajstić information content (AvgIpc) is 2.38. The van der Waals surface area contributed by atoms with Crippen LogP contribution in [-0.2, 0) is 10.8 Å². The van der Waals surface area contributed by atoms with Crippen LogP contribution in [-0.4, -0.2) is 7.11 Å². The molecule has 2 aromatic carbocycles. The third-order valence-corrected chi connectivity index (χ3v) is 2.97. The van der Waals surface area contributed by atoms with Gasteiger partial charge in [-0.1, -0.05) is 29.8 Å². The van der Waals surface area contributed by atoms with Crippen LogP contribution in [0.3, 0.4) is 0 Å². The molecule has 106 valence electrons. The van der Waals surface area contributed by atoms with Gasteiger partial charge in [0.25, 0.3) is 0 Å². The zero-order chi connectivity index (χ0) is 14.9. The third-order valence-electron chi connectivity index (χ3n) is 2.97. The summed E-state index contributed by atoms with van der Waals surface area (Å²) in [5, 5.41) is 0. The molecule has 0 heterocycles. The van der Waals surface area contributed by atoms with Crippen LogP contribution in [0.4, 0.5) is 17.6 Å². The van der Waals surface area contributed by atoms with Gasteiger partial charge in [-0.15, -0.1) is 0 Å². The Bertz CT molecular complexity index is 597. The zero-order valence-electron chi connectivity index (χ0n) is 10.9. The Labute approximate surface area is 113 Å². The van der Waals surface area contributed by atoms with E-state index in [9.17, 15) is 17.6 Å². The molecule has 1 nitrogen and oxygen atoms in total. The van der Waals surface area contributed by atoms with Crippen LogP contribution in [0.25, 0.3) is 11.1 Å². The fraction of sp³-hybridized carbons (Fsp3) is 0.200. The van der Waals surface area contributed by atoms with E-state index in [2.05, 4.69) is 4.74 Å². The van der Waals surface area contributed by atoms with Gasteiger partial charge in [-0.2, -0.15) is 8.78 Å². The molecule has 20 heavy (non-hydrogen) atoms. The molecule has 0 saturated heterocycles. The van der Waals surface area contributed by atoms with Gasteiger partial charge in [0.1, 0.15) is 17.2 Å². The average molecular weight is 284 g/mol. The largest absolute Gasteiger partial charge is 0.388 e. The second-order valence-electron chi connectivity index (χ2n) is 4.40. The third kappa shape index (κ3) is 2.67. The van der Waals surface area contributed by atoms with Crippen molar-refractivity contribution in [3.8, 4) is 11.1 Å². The van der Waals surface area contributed by atoms with Crippen molar-refractivity contribution in [1.29, 1.82) is 0 Å². The molecular formula is C15H12F4O. The Balaban J connectivity index is 2.53. The van der Waals surface area contributed by atoms with E-state index < -0.39 is 23.3 Å². The molecule has 0 spiro atoms. The molecule has 0 amide bonds. The van der Waals surface area contributed by atoms with E-state index in [-0.39, 0.29) is 5.56 Å². The number of alkyl halides is 2. The summed E-state index contributed by atoms with van der Waals surface area (Å²) in [7, 11) is 0.687. The van der Waals surface area contributed by atoms with E-state index in [1.165, 1.54) is 0 Å². The molecule has 0 aromatic heterocycles. The van der Waals surface area contributed by atoms with Crippen molar-refractivity contribution in [3.05, 3.63) is 59.2 Å². The first-order valence-corrected chi connectivity index (χ1v) is 5.84. The fourth-order valence-electron chi connectivity index (χ4n) is 1.87. The summed E-state index contributed by atoms with van der Waals surface area (Å²) in [6.07, 6.45) is -4.00. The second-order valence-corrected chi connectivity index (χ2v) is 4.40. The Morgan fingerprint density at radius 2 is 1.40 bits per heavy atom. The summed E-state index contributed by atoms with van der Waals surface area (Å²) in [6.45, 7) is 1.87. The second kappa shape index (κ2) is 5.25. The van der Waals surface area contributed by atoms with Crippen molar-refractivity contribution in [3.63, 3.8) is 0 Å². The van der Waals surface area contributed by atoms with Crippen molar-refractivity contribution in [2.75, 3.05) is 7.11 Å². The molecule has 0 atom stereocenters. The van der Waals surface area contributed by atoms with E-state index in [1.54, 1.807) is 24.3 Å². The summed E-state index contributed by atoms with van der Waals surface area (Å²) in [5.74, 6) is -2.68. The number of rotatable bonds is 3. The molecule has 0 aliphatic rings. The van der Waals surface area contributed by atoms with E-state index >= 15 is 0 Å². The molecule has 0 radical (unpaired) electrons. The van der Waals surface area contributed by atoms with Gasteiger partial charge in [-0.05, 0) is 30.2 Å². The quantitative estimate of drug-likeness (QED) is 0.746. The van der Waals surface area contributed by atoms with Gasteiger partial charge >= 0.3 is 6.11 Å². The highest BCUT2D eigenvalue weighted by atomic mass is 19.3. The summed E-state index contributed by atoms with van der Waals surface area (Å²) in [6, 6.07) is 8.60.